The summed E-state index contributed by atoms with van der Waals surface area (Å²) >= 11 is 0. The van der Waals surface area contributed by atoms with Crippen LogP contribution in [0, 0.1) is 0 Å². The van der Waals surface area contributed by atoms with Gasteiger partial charge in [-0.05, 0) is 47.5 Å². The monoisotopic (exact) mass is 273 g/mol. The fourth-order valence-corrected chi connectivity index (χ4v) is 1.50. The Kier molecular flexibility index (Phi) is 9.02. The van der Waals surface area contributed by atoms with Crippen LogP contribution in [0.5, 0.6) is 0 Å². The molecular weight excluding hydrogens is 242 g/mol. The minimum atomic E-state index is -0.0883. The number of hydrogen-bond acceptors (Lipinski definition) is 3. The second-order valence-electron chi connectivity index (χ2n) is 6.15. The van der Waals surface area contributed by atoms with E-state index in [0.717, 1.165) is 19.4 Å². The first-order valence-electron chi connectivity index (χ1n) is 7.22. The Labute approximate surface area is 118 Å². The molecule has 0 heterocycles. The Bertz CT molecular complexity index is 246. The fourth-order valence-electron chi connectivity index (χ4n) is 1.50. The second kappa shape index (κ2) is 9.32. The average molecular weight is 273 g/mol. The Balaban J connectivity index is 3.57. The van der Waals surface area contributed by atoms with E-state index in [1.165, 1.54) is 0 Å². The summed E-state index contributed by atoms with van der Waals surface area (Å²) in [5, 5.41) is 0. The number of rotatable bonds is 9. The van der Waals surface area contributed by atoms with Crippen molar-refractivity contribution >= 4 is 5.91 Å². The normalized spacial score (nSPS) is 11.9. The van der Waals surface area contributed by atoms with Gasteiger partial charge in [0.2, 0.25) is 5.91 Å². The molecule has 114 valence electrons. The molecular formula is C15H31NO3. The molecule has 0 aromatic carbocycles. The van der Waals surface area contributed by atoms with Crippen molar-refractivity contribution in [2.75, 3.05) is 26.8 Å². The van der Waals surface area contributed by atoms with Crippen molar-refractivity contribution in [1.29, 1.82) is 0 Å². The minimum absolute atomic E-state index is 0.0883. The summed E-state index contributed by atoms with van der Waals surface area (Å²) in [4.78, 5) is 13.6. The molecule has 0 saturated carbocycles. The van der Waals surface area contributed by atoms with Gasteiger partial charge in [0, 0.05) is 26.6 Å². The van der Waals surface area contributed by atoms with Gasteiger partial charge in [-0.1, -0.05) is 0 Å². The van der Waals surface area contributed by atoms with Gasteiger partial charge in [0.25, 0.3) is 0 Å². The van der Waals surface area contributed by atoms with Gasteiger partial charge in [0.05, 0.1) is 18.3 Å². The lowest BCUT2D eigenvalue weighted by Gasteiger charge is -2.20. The van der Waals surface area contributed by atoms with Gasteiger partial charge in [0.1, 0.15) is 0 Å². The molecule has 0 atom stereocenters. The number of hydrogen-bond donors (Lipinski definition) is 0. The summed E-state index contributed by atoms with van der Waals surface area (Å²) in [5.41, 5.74) is -0.0883. The van der Waals surface area contributed by atoms with Crippen molar-refractivity contribution in [2.45, 2.75) is 65.6 Å². The Morgan fingerprint density at radius 1 is 1.16 bits per heavy atom. The minimum Gasteiger partial charge on any atom is -0.377 e. The number of unbranched alkanes of at least 4 members (excludes halogenated alkanes) is 1. The molecule has 0 aliphatic rings. The molecule has 0 bridgehead atoms. The van der Waals surface area contributed by atoms with Crippen LogP contribution in [0.4, 0.5) is 0 Å². The highest BCUT2D eigenvalue weighted by Crippen LogP contribution is 2.08. The van der Waals surface area contributed by atoms with Crippen LogP contribution in [0.2, 0.25) is 0 Å². The smallest absolute Gasteiger partial charge is 0.222 e. The van der Waals surface area contributed by atoms with E-state index in [-0.39, 0.29) is 17.6 Å². The third-order valence-electron chi connectivity index (χ3n) is 2.62. The van der Waals surface area contributed by atoms with Crippen LogP contribution in [0.25, 0.3) is 0 Å². The molecule has 0 fully saturated rings. The van der Waals surface area contributed by atoms with Crippen LogP contribution < -0.4 is 0 Å². The fraction of sp³-hybridized carbons (Fsp3) is 0.933. The summed E-state index contributed by atoms with van der Waals surface area (Å²) in [7, 11) is 1.83. The van der Waals surface area contributed by atoms with Crippen LogP contribution in [-0.4, -0.2) is 49.3 Å². The zero-order valence-electron chi connectivity index (χ0n) is 13.5. The molecule has 4 nitrogen and oxygen atoms in total. The van der Waals surface area contributed by atoms with Gasteiger partial charge >= 0.3 is 0 Å². The van der Waals surface area contributed by atoms with Crippen LogP contribution in [0.3, 0.4) is 0 Å². The summed E-state index contributed by atoms with van der Waals surface area (Å²) in [6, 6.07) is 0. The molecule has 4 heteroatoms. The van der Waals surface area contributed by atoms with E-state index in [2.05, 4.69) is 0 Å². The van der Waals surface area contributed by atoms with E-state index in [9.17, 15) is 4.79 Å². The first-order chi connectivity index (χ1) is 8.72. The largest absolute Gasteiger partial charge is 0.377 e. The molecule has 0 saturated heterocycles. The lowest BCUT2D eigenvalue weighted by molar-refractivity contribution is -0.131. The lowest BCUT2D eigenvalue weighted by Crippen LogP contribution is -2.30. The number of carbonyl (C=O) groups is 1. The molecule has 1 amide bonds. The second-order valence-corrected chi connectivity index (χ2v) is 6.15. The van der Waals surface area contributed by atoms with Crippen LogP contribution in [-0.2, 0) is 14.3 Å². The molecule has 0 spiro atoms. The molecule has 0 aliphatic heterocycles. The predicted octanol–water partition coefficient (Wildman–Crippen LogP) is 2.86. The highest BCUT2D eigenvalue weighted by molar-refractivity contribution is 5.75. The Morgan fingerprint density at radius 3 is 2.32 bits per heavy atom. The predicted molar refractivity (Wildman–Crippen MR) is 78.3 cm³/mol. The summed E-state index contributed by atoms with van der Waals surface area (Å²) < 4.78 is 11.0. The topological polar surface area (TPSA) is 38.8 Å². The van der Waals surface area contributed by atoms with Gasteiger partial charge in [-0.15, -0.1) is 0 Å². The van der Waals surface area contributed by atoms with Crippen LogP contribution >= 0.6 is 0 Å². The number of nitrogens with zero attached hydrogens (tertiary/aromatic N) is 1. The third kappa shape index (κ3) is 12.2. The molecule has 0 rings (SSSR count). The zero-order chi connectivity index (χ0) is 14.9. The maximum absolute atomic E-state index is 11.8. The number of carbonyl (C=O) groups excluding carboxylic acids is 1. The molecule has 0 unspecified atom stereocenters. The van der Waals surface area contributed by atoms with E-state index < -0.39 is 0 Å². The SMILES string of the molecule is CC(C)OCCN(C)C(=O)CCCCOC(C)(C)C. The van der Waals surface area contributed by atoms with Crippen LogP contribution in [0.1, 0.15) is 53.9 Å². The van der Waals surface area contributed by atoms with E-state index in [1.54, 1.807) is 4.90 Å². The molecule has 0 aliphatic carbocycles. The van der Waals surface area contributed by atoms with Crippen molar-refractivity contribution in [2.24, 2.45) is 0 Å². The number of amides is 1. The zero-order valence-corrected chi connectivity index (χ0v) is 13.5. The summed E-state index contributed by atoms with van der Waals surface area (Å²) in [6.45, 7) is 12.1. The highest BCUT2D eigenvalue weighted by Gasteiger charge is 2.11. The van der Waals surface area contributed by atoms with Crippen LogP contribution in [0.15, 0.2) is 0 Å². The van der Waals surface area contributed by atoms with Crippen molar-refractivity contribution < 1.29 is 14.3 Å². The van der Waals surface area contributed by atoms with Gasteiger partial charge < -0.3 is 14.4 Å². The lowest BCUT2D eigenvalue weighted by atomic mass is 10.2. The van der Waals surface area contributed by atoms with Gasteiger partial charge in [-0.25, -0.2) is 0 Å². The van der Waals surface area contributed by atoms with E-state index in [1.807, 2.05) is 41.7 Å². The maximum atomic E-state index is 11.8. The first-order valence-corrected chi connectivity index (χ1v) is 7.22. The molecule has 0 aromatic rings. The van der Waals surface area contributed by atoms with E-state index in [4.69, 9.17) is 9.47 Å². The van der Waals surface area contributed by atoms with E-state index >= 15 is 0 Å². The molecule has 0 radical (unpaired) electrons. The number of ether oxygens (including phenoxy) is 2. The maximum Gasteiger partial charge on any atom is 0.222 e. The van der Waals surface area contributed by atoms with E-state index in [0.29, 0.717) is 19.6 Å². The van der Waals surface area contributed by atoms with Crippen molar-refractivity contribution in [1.82, 2.24) is 4.90 Å². The highest BCUT2D eigenvalue weighted by atomic mass is 16.5. The Hall–Kier alpha value is -0.610. The van der Waals surface area contributed by atoms with Gasteiger partial charge in [0.15, 0.2) is 0 Å². The Morgan fingerprint density at radius 2 is 1.79 bits per heavy atom. The van der Waals surface area contributed by atoms with Crippen molar-refractivity contribution in [3.05, 3.63) is 0 Å². The quantitative estimate of drug-likeness (QED) is 0.606. The number of likely N-dealkylation sites (N-methyl/N-ethyl adjacent to an activating group) is 1. The molecule has 0 aromatic heterocycles. The van der Waals surface area contributed by atoms with Crippen molar-refractivity contribution in [3.8, 4) is 0 Å². The summed E-state index contributed by atoms with van der Waals surface area (Å²) in [6.07, 6.45) is 2.62. The molecule has 19 heavy (non-hydrogen) atoms. The average Bonchev–Trinajstić information content (AvgIpc) is 2.26. The summed E-state index contributed by atoms with van der Waals surface area (Å²) in [5.74, 6) is 0.183. The third-order valence-corrected chi connectivity index (χ3v) is 2.62. The van der Waals surface area contributed by atoms with Gasteiger partial charge in [-0.3, -0.25) is 4.79 Å². The standard InChI is InChI=1S/C15H31NO3/c1-13(2)18-12-10-16(6)14(17)9-7-8-11-19-15(3,4)5/h13H,7-12H2,1-6H3. The first kappa shape index (κ1) is 18.4. The molecule has 0 N–H and O–H groups in total. The van der Waals surface area contributed by atoms with Crippen molar-refractivity contribution in [3.63, 3.8) is 0 Å². The van der Waals surface area contributed by atoms with Gasteiger partial charge in [-0.2, -0.15) is 0 Å².